The van der Waals surface area contributed by atoms with E-state index >= 15 is 0 Å². The maximum atomic E-state index is 11.4. The molecule has 0 aromatic heterocycles. The number of terminal acetylenes is 1. The third kappa shape index (κ3) is 4.03. The van der Waals surface area contributed by atoms with E-state index in [1.54, 1.807) is 4.90 Å². The summed E-state index contributed by atoms with van der Waals surface area (Å²) in [6.07, 6.45) is 7.98. The van der Waals surface area contributed by atoms with Crippen LogP contribution in [-0.4, -0.2) is 36.3 Å². The Balaban J connectivity index is 2.13. The first kappa shape index (κ1) is 11.6. The van der Waals surface area contributed by atoms with Gasteiger partial charge in [-0.05, 0) is 12.8 Å². The molecule has 1 fully saturated rings. The summed E-state index contributed by atoms with van der Waals surface area (Å²) in [4.78, 5) is 24.2. The van der Waals surface area contributed by atoms with Crippen molar-refractivity contribution in [2.75, 3.05) is 19.6 Å². The van der Waals surface area contributed by atoms with Crippen LogP contribution < -0.4 is 5.32 Å². The second kappa shape index (κ2) is 6.07. The van der Waals surface area contributed by atoms with Crippen molar-refractivity contribution in [2.24, 2.45) is 0 Å². The molecule has 0 atom stereocenters. The van der Waals surface area contributed by atoms with E-state index in [2.05, 4.69) is 11.2 Å². The Labute approximate surface area is 90.0 Å². The van der Waals surface area contributed by atoms with Crippen LogP contribution in [0.15, 0.2) is 0 Å². The van der Waals surface area contributed by atoms with Crippen LogP contribution >= 0.6 is 0 Å². The van der Waals surface area contributed by atoms with Crippen molar-refractivity contribution in [2.45, 2.75) is 25.7 Å². The first-order valence-electron chi connectivity index (χ1n) is 5.22. The summed E-state index contributed by atoms with van der Waals surface area (Å²) in [5, 5.41) is 2.74. The molecule has 0 aromatic carbocycles. The second-order valence-electron chi connectivity index (χ2n) is 3.58. The lowest BCUT2D eigenvalue weighted by Crippen LogP contribution is -2.38. The van der Waals surface area contributed by atoms with Gasteiger partial charge in [-0.3, -0.25) is 9.59 Å². The molecule has 1 heterocycles. The summed E-state index contributed by atoms with van der Waals surface area (Å²) >= 11 is 0. The van der Waals surface area contributed by atoms with Gasteiger partial charge in [0.1, 0.15) is 0 Å². The van der Waals surface area contributed by atoms with Crippen molar-refractivity contribution in [1.29, 1.82) is 0 Å². The summed E-state index contributed by atoms with van der Waals surface area (Å²) in [5.74, 6) is 2.49. The maximum Gasteiger partial charge on any atom is 0.239 e. The fraction of sp³-hybridized carbons (Fsp3) is 0.636. The molecule has 2 amide bonds. The zero-order valence-corrected chi connectivity index (χ0v) is 8.79. The van der Waals surface area contributed by atoms with E-state index in [0.29, 0.717) is 25.9 Å². The second-order valence-corrected chi connectivity index (χ2v) is 3.58. The average Bonchev–Trinajstić information content (AvgIpc) is 2.59. The molecule has 1 rings (SSSR count). The minimum absolute atomic E-state index is 0.0776. The molecule has 1 N–H and O–H groups in total. The molecular weight excluding hydrogens is 192 g/mol. The average molecular weight is 208 g/mol. The Morgan fingerprint density at radius 1 is 1.60 bits per heavy atom. The van der Waals surface area contributed by atoms with Gasteiger partial charge in [0, 0.05) is 25.9 Å². The van der Waals surface area contributed by atoms with E-state index in [4.69, 9.17) is 6.42 Å². The number of likely N-dealkylation sites (tertiary alicyclic amines) is 1. The molecule has 0 spiro atoms. The molecule has 15 heavy (non-hydrogen) atoms. The molecule has 0 aromatic rings. The summed E-state index contributed by atoms with van der Waals surface area (Å²) in [6.45, 7) is 1.48. The summed E-state index contributed by atoms with van der Waals surface area (Å²) in [5.41, 5.74) is 0. The predicted octanol–water partition coefficient (Wildman–Crippen LogP) is 0.138. The van der Waals surface area contributed by atoms with Crippen LogP contribution in [0.1, 0.15) is 25.7 Å². The summed E-state index contributed by atoms with van der Waals surface area (Å²) < 4.78 is 0. The van der Waals surface area contributed by atoms with Crippen molar-refractivity contribution in [3.8, 4) is 12.3 Å². The van der Waals surface area contributed by atoms with Crippen LogP contribution in [0.4, 0.5) is 0 Å². The van der Waals surface area contributed by atoms with Gasteiger partial charge in [0.25, 0.3) is 0 Å². The van der Waals surface area contributed by atoms with E-state index in [0.717, 1.165) is 12.8 Å². The Morgan fingerprint density at radius 2 is 2.40 bits per heavy atom. The van der Waals surface area contributed by atoms with Crippen LogP contribution in [-0.2, 0) is 9.59 Å². The predicted molar refractivity (Wildman–Crippen MR) is 56.9 cm³/mol. The van der Waals surface area contributed by atoms with Gasteiger partial charge in [-0.1, -0.05) is 0 Å². The van der Waals surface area contributed by atoms with Gasteiger partial charge >= 0.3 is 0 Å². The molecular formula is C11H16N2O2. The van der Waals surface area contributed by atoms with E-state index in [1.165, 1.54) is 0 Å². The number of amides is 2. The lowest BCUT2D eigenvalue weighted by molar-refractivity contribution is -0.133. The minimum atomic E-state index is -0.0951. The highest BCUT2D eigenvalue weighted by Gasteiger charge is 2.21. The fourth-order valence-corrected chi connectivity index (χ4v) is 1.52. The largest absolute Gasteiger partial charge is 0.355 e. The van der Waals surface area contributed by atoms with Gasteiger partial charge < -0.3 is 10.2 Å². The van der Waals surface area contributed by atoms with Crippen LogP contribution in [0.25, 0.3) is 0 Å². The maximum absolute atomic E-state index is 11.4. The molecule has 0 saturated carbocycles. The van der Waals surface area contributed by atoms with Gasteiger partial charge in [-0.25, -0.2) is 0 Å². The Bertz CT molecular complexity index is 281. The van der Waals surface area contributed by atoms with Gasteiger partial charge in [0.2, 0.25) is 11.8 Å². The van der Waals surface area contributed by atoms with Crippen molar-refractivity contribution in [1.82, 2.24) is 10.2 Å². The van der Waals surface area contributed by atoms with E-state index in [-0.39, 0.29) is 18.4 Å². The molecule has 1 saturated heterocycles. The molecule has 4 nitrogen and oxygen atoms in total. The molecule has 4 heteroatoms. The molecule has 0 unspecified atom stereocenters. The Hall–Kier alpha value is -1.50. The standard InChI is InChI=1S/C11H16N2O2/c1-2-3-4-7-12-10(14)9-13-8-5-6-11(13)15/h1H,3-9H2,(H,12,14). The van der Waals surface area contributed by atoms with E-state index < -0.39 is 0 Å². The topological polar surface area (TPSA) is 49.4 Å². The minimum Gasteiger partial charge on any atom is -0.355 e. The quantitative estimate of drug-likeness (QED) is 0.516. The Morgan fingerprint density at radius 3 is 3.00 bits per heavy atom. The number of hydrogen-bond acceptors (Lipinski definition) is 2. The number of nitrogens with one attached hydrogen (secondary N) is 1. The third-order valence-electron chi connectivity index (χ3n) is 2.33. The van der Waals surface area contributed by atoms with Crippen molar-refractivity contribution >= 4 is 11.8 Å². The van der Waals surface area contributed by atoms with Crippen LogP contribution in [0.5, 0.6) is 0 Å². The first-order valence-corrected chi connectivity index (χ1v) is 5.22. The Kier molecular flexibility index (Phi) is 4.69. The first-order chi connectivity index (χ1) is 7.24. The highest BCUT2D eigenvalue weighted by molar-refractivity contribution is 5.85. The lowest BCUT2D eigenvalue weighted by atomic mass is 10.3. The lowest BCUT2D eigenvalue weighted by Gasteiger charge is -2.14. The summed E-state index contributed by atoms with van der Waals surface area (Å²) in [7, 11) is 0. The SMILES string of the molecule is C#CCCCNC(=O)CN1CCCC1=O. The van der Waals surface area contributed by atoms with Crippen molar-refractivity contribution < 1.29 is 9.59 Å². The monoisotopic (exact) mass is 208 g/mol. The number of carbonyl (C=O) groups is 2. The van der Waals surface area contributed by atoms with Gasteiger partial charge in [-0.2, -0.15) is 0 Å². The number of carbonyl (C=O) groups excluding carboxylic acids is 2. The molecule has 82 valence electrons. The number of rotatable bonds is 5. The summed E-state index contributed by atoms with van der Waals surface area (Å²) in [6, 6.07) is 0. The third-order valence-corrected chi connectivity index (χ3v) is 2.33. The van der Waals surface area contributed by atoms with E-state index in [1.807, 2.05) is 0 Å². The number of nitrogens with zero attached hydrogens (tertiary/aromatic N) is 1. The highest BCUT2D eigenvalue weighted by Crippen LogP contribution is 2.08. The van der Waals surface area contributed by atoms with Gasteiger partial charge in [0.05, 0.1) is 6.54 Å². The molecule has 1 aliphatic rings. The molecule has 0 aliphatic carbocycles. The number of unbranched alkanes of at least 4 members (excludes halogenated alkanes) is 1. The number of hydrogen-bond donors (Lipinski definition) is 1. The van der Waals surface area contributed by atoms with Crippen molar-refractivity contribution in [3.05, 3.63) is 0 Å². The zero-order valence-electron chi connectivity index (χ0n) is 8.79. The van der Waals surface area contributed by atoms with Gasteiger partial charge in [-0.15, -0.1) is 12.3 Å². The normalized spacial score (nSPS) is 15.1. The van der Waals surface area contributed by atoms with Crippen molar-refractivity contribution in [3.63, 3.8) is 0 Å². The van der Waals surface area contributed by atoms with Crippen LogP contribution in [0.2, 0.25) is 0 Å². The molecule has 0 radical (unpaired) electrons. The smallest absolute Gasteiger partial charge is 0.239 e. The highest BCUT2D eigenvalue weighted by atomic mass is 16.2. The molecule has 1 aliphatic heterocycles. The van der Waals surface area contributed by atoms with Gasteiger partial charge in [0.15, 0.2) is 0 Å². The van der Waals surface area contributed by atoms with Crippen LogP contribution in [0, 0.1) is 12.3 Å². The fourth-order valence-electron chi connectivity index (χ4n) is 1.52. The zero-order chi connectivity index (χ0) is 11.1. The van der Waals surface area contributed by atoms with Crippen LogP contribution in [0.3, 0.4) is 0 Å². The molecule has 0 bridgehead atoms. The van der Waals surface area contributed by atoms with E-state index in [9.17, 15) is 9.59 Å².